The predicted octanol–water partition coefficient (Wildman–Crippen LogP) is 0.255. The maximum Gasteiger partial charge on any atom is 0.241 e. The zero-order chi connectivity index (χ0) is 11.5. The van der Waals surface area contributed by atoms with Gasteiger partial charge < -0.3 is 11.1 Å². The fourth-order valence-electron chi connectivity index (χ4n) is 1.78. The van der Waals surface area contributed by atoms with Crippen molar-refractivity contribution in [2.75, 3.05) is 0 Å². The number of nitrogens with one attached hydrogen (secondary N) is 1. The molecule has 86 valence electrons. The molecule has 1 atom stereocenters. The number of amides is 1. The zero-order valence-corrected chi connectivity index (χ0v) is 9.26. The number of nitrogens with two attached hydrogens (primary N) is 1. The fourth-order valence-corrected chi connectivity index (χ4v) is 1.78. The first-order chi connectivity index (χ1) is 7.66. The van der Waals surface area contributed by atoms with Gasteiger partial charge in [0.15, 0.2) is 0 Å². The molecule has 0 saturated carbocycles. The standard InChI is InChI=1S/C11H16N4O/c1-15-7-8(6-13-15)10(12)11(16)14-9-4-2-3-5-9/h2-3,6-7,9-10H,4-5,12H2,1H3,(H,14,16). The molecule has 1 aromatic rings. The highest BCUT2D eigenvalue weighted by atomic mass is 16.2. The summed E-state index contributed by atoms with van der Waals surface area (Å²) in [5.74, 6) is -0.137. The molecule has 1 unspecified atom stereocenters. The summed E-state index contributed by atoms with van der Waals surface area (Å²) in [7, 11) is 1.80. The maximum absolute atomic E-state index is 11.8. The van der Waals surface area contributed by atoms with Crippen molar-refractivity contribution in [2.45, 2.75) is 24.9 Å². The summed E-state index contributed by atoms with van der Waals surface area (Å²) in [6.07, 6.45) is 9.31. The Hall–Kier alpha value is -1.62. The molecule has 1 aromatic heterocycles. The fraction of sp³-hybridized carbons (Fsp3) is 0.455. The molecular formula is C11H16N4O. The minimum Gasteiger partial charge on any atom is -0.351 e. The number of nitrogens with zero attached hydrogens (tertiary/aromatic N) is 2. The van der Waals surface area contributed by atoms with Gasteiger partial charge in [-0.3, -0.25) is 9.48 Å². The van der Waals surface area contributed by atoms with Gasteiger partial charge in [0.25, 0.3) is 0 Å². The van der Waals surface area contributed by atoms with Crippen molar-refractivity contribution in [3.05, 3.63) is 30.1 Å². The van der Waals surface area contributed by atoms with Gasteiger partial charge in [0, 0.05) is 24.8 Å². The van der Waals surface area contributed by atoms with Crippen LogP contribution in [-0.2, 0) is 11.8 Å². The number of aromatic nitrogens is 2. The van der Waals surface area contributed by atoms with Crippen LogP contribution < -0.4 is 11.1 Å². The second-order valence-corrected chi connectivity index (χ2v) is 4.07. The quantitative estimate of drug-likeness (QED) is 0.717. The van der Waals surface area contributed by atoms with Gasteiger partial charge in [-0.15, -0.1) is 0 Å². The van der Waals surface area contributed by atoms with Crippen molar-refractivity contribution in [1.82, 2.24) is 15.1 Å². The van der Waals surface area contributed by atoms with Crippen LogP contribution in [0.3, 0.4) is 0 Å². The molecule has 2 rings (SSSR count). The van der Waals surface area contributed by atoms with Crippen molar-refractivity contribution in [1.29, 1.82) is 0 Å². The molecule has 1 heterocycles. The van der Waals surface area contributed by atoms with Crippen LogP contribution in [0.25, 0.3) is 0 Å². The molecule has 5 heteroatoms. The number of hydrogen-bond acceptors (Lipinski definition) is 3. The lowest BCUT2D eigenvalue weighted by atomic mass is 10.1. The van der Waals surface area contributed by atoms with Crippen LogP contribution >= 0.6 is 0 Å². The van der Waals surface area contributed by atoms with Crippen molar-refractivity contribution in [2.24, 2.45) is 12.8 Å². The highest BCUT2D eigenvalue weighted by molar-refractivity contribution is 5.83. The van der Waals surface area contributed by atoms with E-state index < -0.39 is 6.04 Å². The van der Waals surface area contributed by atoms with Crippen molar-refractivity contribution < 1.29 is 4.79 Å². The number of aryl methyl sites for hydroxylation is 1. The number of carbonyl (C=O) groups is 1. The molecule has 16 heavy (non-hydrogen) atoms. The third kappa shape index (κ3) is 2.30. The van der Waals surface area contributed by atoms with E-state index in [4.69, 9.17) is 5.73 Å². The lowest BCUT2D eigenvalue weighted by Gasteiger charge is -2.15. The highest BCUT2D eigenvalue weighted by Gasteiger charge is 2.20. The average Bonchev–Trinajstić information content (AvgIpc) is 2.88. The topological polar surface area (TPSA) is 72.9 Å². The maximum atomic E-state index is 11.8. The van der Waals surface area contributed by atoms with E-state index in [0.29, 0.717) is 0 Å². The van der Waals surface area contributed by atoms with E-state index in [0.717, 1.165) is 18.4 Å². The van der Waals surface area contributed by atoms with E-state index in [-0.39, 0.29) is 11.9 Å². The molecule has 1 aliphatic rings. The molecule has 3 N–H and O–H groups in total. The van der Waals surface area contributed by atoms with Crippen LogP contribution in [0.2, 0.25) is 0 Å². The number of hydrogen-bond donors (Lipinski definition) is 2. The largest absolute Gasteiger partial charge is 0.351 e. The van der Waals surface area contributed by atoms with Crippen molar-refractivity contribution in [3.8, 4) is 0 Å². The molecule has 0 spiro atoms. The minimum absolute atomic E-state index is 0.137. The molecular weight excluding hydrogens is 204 g/mol. The first-order valence-electron chi connectivity index (χ1n) is 5.36. The van der Waals surface area contributed by atoms with Crippen LogP contribution in [0, 0.1) is 0 Å². The smallest absolute Gasteiger partial charge is 0.241 e. The lowest BCUT2D eigenvalue weighted by Crippen LogP contribution is -2.39. The van der Waals surface area contributed by atoms with Crippen LogP contribution in [0.15, 0.2) is 24.5 Å². The Kier molecular flexibility index (Phi) is 3.05. The third-order valence-electron chi connectivity index (χ3n) is 2.72. The van der Waals surface area contributed by atoms with Gasteiger partial charge in [-0.05, 0) is 12.8 Å². The highest BCUT2D eigenvalue weighted by Crippen LogP contribution is 2.13. The van der Waals surface area contributed by atoms with Crippen molar-refractivity contribution in [3.63, 3.8) is 0 Å². The number of rotatable bonds is 3. The second kappa shape index (κ2) is 4.49. The molecule has 5 nitrogen and oxygen atoms in total. The third-order valence-corrected chi connectivity index (χ3v) is 2.72. The first kappa shape index (κ1) is 10.9. The Labute approximate surface area is 94.3 Å². The zero-order valence-electron chi connectivity index (χ0n) is 9.26. The summed E-state index contributed by atoms with van der Waals surface area (Å²) in [6, 6.07) is -0.426. The Morgan fingerprint density at radius 1 is 1.62 bits per heavy atom. The SMILES string of the molecule is Cn1cc(C(N)C(=O)NC2CC=CC2)cn1. The summed E-state index contributed by atoms with van der Waals surface area (Å²) in [5, 5.41) is 6.92. The molecule has 0 aromatic carbocycles. The Morgan fingerprint density at radius 3 is 2.88 bits per heavy atom. The molecule has 1 amide bonds. The van der Waals surface area contributed by atoms with Gasteiger partial charge in [0.1, 0.15) is 6.04 Å². The van der Waals surface area contributed by atoms with E-state index >= 15 is 0 Å². The predicted molar refractivity (Wildman–Crippen MR) is 60.4 cm³/mol. The van der Waals surface area contributed by atoms with Crippen LogP contribution in [0.1, 0.15) is 24.4 Å². The Bertz CT molecular complexity index is 402. The summed E-state index contributed by atoms with van der Waals surface area (Å²) in [6.45, 7) is 0. The first-order valence-corrected chi connectivity index (χ1v) is 5.36. The van der Waals surface area contributed by atoms with E-state index in [2.05, 4.69) is 22.6 Å². The Morgan fingerprint density at radius 2 is 2.31 bits per heavy atom. The van der Waals surface area contributed by atoms with E-state index in [1.807, 2.05) is 0 Å². The van der Waals surface area contributed by atoms with E-state index in [1.165, 1.54) is 0 Å². The van der Waals surface area contributed by atoms with Crippen LogP contribution in [-0.4, -0.2) is 21.7 Å². The van der Waals surface area contributed by atoms with Gasteiger partial charge in [-0.2, -0.15) is 5.10 Å². The van der Waals surface area contributed by atoms with E-state index in [9.17, 15) is 4.79 Å². The summed E-state index contributed by atoms with van der Waals surface area (Å²) >= 11 is 0. The average molecular weight is 220 g/mol. The summed E-state index contributed by atoms with van der Waals surface area (Å²) in [5.41, 5.74) is 6.59. The molecule has 0 saturated heterocycles. The van der Waals surface area contributed by atoms with Gasteiger partial charge in [0.05, 0.1) is 6.20 Å². The molecule has 0 fully saturated rings. The van der Waals surface area contributed by atoms with Gasteiger partial charge in [-0.25, -0.2) is 0 Å². The molecule has 0 radical (unpaired) electrons. The number of carbonyl (C=O) groups excluding carboxylic acids is 1. The van der Waals surface area contributed by atoms with Gasteiger partial charge in [-0.1, -0.05) is 12.2 Å². The van der Waals surface area contributed by atoms with Gasteiger partial charge in [0.2, 0.25) is 5.91 Å². The molecule has 0 aliphatic heterocycles. The Balaban J connectivity index is 1.93. The minimum atomic E-state index is -0.630. The summed E-state index contributed by atoms with van der Waals surface area (Å²) in [4.78, 5) is 11.8. The normalized spacial score (nSPS) is 17.6. The van der Waals surface area contributed by atoms with E-state index in [1.54, 1.807) is 24.1 Å². The van der Waals surface area contributed by atoms with Crippen molar-refractivity contribution >= 4 is 5.91 Å². The summed E-state index contributed by atoms with van der Waals surface area (Å²) < 4.78 is 1.64. The molecule has 1 aliphatic carbocycles. The lowest BCUT2D eigenvalue weighted by molar-refractivity contribution is -0.123. The monoisotopic (exact) mass is 220 g/mol. The molecule has 0 bridgehead atoms. The van der Waals surface area contributed by atoms with Crippen LogP contribution in [0.5, 0.6) is 0 Å². The van der Waals surface area contributed by atoms with Gasteiger partial charge >= 0.3 is 0 Å². The second-order valence-electron chi connectivity index (χ2n) is 4.07. The van der Waals surface area contributed by atoms with Crippen LogP contribution in [0.4, 0.5) is 0 Å².